The first kappa shape index (κ1) is 28.1. The van der Waals surface area contributed by atoms with Gasteiger partial charge in [-0.15, -0.1) is 10.2 Å². The van der Waals surface area contributed by atoms with Crippen LogP contribution in [0.5, 0.6) is 0 Å². The quantitative estimate of drug-likeness (QED) is 0.212. The Balaban J connectivity index is 1.14. The highest BCUT2D eigenvalue weighted by atomic mass is 32.2. The average molecular weight is 577 g/mol. The fourth-order valence-corrected chi connectivity index (χ4v) is 6.25. The Morgan fingerprint density at radius 3 is 2.43 bits per heavy atom. The van der Waals surface area contributed by atoms with E-state index < -0.39 is 0 Å². The number of hydrogen-bond acceptors (Lipinski definition) is 6. The van der Waals surface area contributed by atoms with Gasteiger partial charge < -0.3 is 9.47 Å². The molecule has 1 saturated heterocycles. The topological polar surface area (TPSA) is 67.2 Å². The molecule has 3 heterocycles. The molecule has 0 radical (unpaired) electrons. The number of carbonyl (C=O) groups excluding carboxylic acids is 1. The minimum Gasteiger partial charge on any atom is -0.339 e. The molecule has 7 nitrogen and oxygen atoms in total. The molecular formula is C34H36N6OS. The molecule has 1 atom stereocenters. The maximum absolute atomic E-state index is 13.4. The van der Waals surface area contributed by atoms with Crippen LogP contribution in [0, 0.1) is 13.8 Å². The van der Waals surface area contributed by atoms with Crippen molar-refractivity contribution in [3.05, 3.63) is 101 Å². The minimum absolute atomic E-state index is 0.124. The van der Waals surface area contributed by atoms with Gasteiger partial charge in [0.2, 0.25) is 11.1 Å². The van der Waals surface area contributed by atoms with Crippen molar-refractivity contribution in [1.29, 1.82) is 0 Å². The molecule has 42 heavy (non-hydrogen) atoms. The second kappa shape index (κ2) is 12.5. The standard InChI is InChI=1S/C34H36N6OS/c1-24-11-14-28(15-12-24)23-40-30-16-13-25(2)22-29(30)31-32(40)35-34(37-36-31)42-26(3)33(41)39-20-18-38(19-21-39)17-7-10-27-8-5-4-6-9-27/h4-16,22,26H,17-21,23H2,1-3H3/b10-7+. The van der Waals surface area contributed by atoms with E-state index in [1.807, 2.05) is 30.0 Å². The molecule has 8 heteroatoms. The van der Waals surface area contributed by atoms with Gasteiger partial charge in [-0.05, 0) is 44.0 Å². The monoisotopic (exact) mass is 576 g/mol. The van der Waals surface area contributed by atoms with Crippen LogP contribution >= 0.6 is 11.8 Å². The van der Waals surface area contributed by atoms with E-state index in [1.165, 1.54) is 34.0 Å². The summed E-state index contributed by atoms with van der Waals surface area (Å²) < 4.78 is 2.21. The fourth-order valence-electron chi connectivity index (χ4n) is 5.46. The number of aromatic nitrogens is 4. The highest BCUT2D eigenvalue weighted by Crippen LogP contribution is 2.30. The van der Waals surface area contributed by atoms with Gasteiger partial charge in [0.1, 0.15) is 5.52 Å². The van der Waals surface area contributed by atoms with E-state index in [2.05, 4.69) is 100 Å². The summed E-state index contributed by atoms with van der Waals surface area (Å²) in [6, 6.07) is 25.3. The second-order valence-corrected chi connectivity index (χ2v) is 12.4. The lowest BCUT2D eigenvalue weighted by Crippen LogP contribution is -2.50. The number of piperazine rings is 1. The zero-order valence-electron chi connectivity index (χ0n) is 24.4. The molecule has 2 aromatic heterocycles. The summed E-state index contributed by atoms with van der Waals surface area (Å²) in [5, 5.41) is 10.4. The lowest BCUT2D eigenvalue weighted by atomic mass is 10.1. The van der Waals surface area contributed by atoms with Crippen molar-refractivity contribution in [2.45, 2.75) is 37.7 Å². The van der Waals surface area contributed by atoms with Crippen LogP contribution in [0.1, 0.15) is 29.2 Å². The minimum atomic E-state index is -0.300. The zero-order chi connectivity index (χ0) is 29.1. The van der Waals surface area contributed by atoms with E-state index in [9.17, 15) is 4.79 Å². The van der Waals surface area contributed by atoms with Crippen LogP contribution in [0.2, 0.25) is 0 Å². The van der Waals surface area contributed by atoms with Gasteiger partial charge in [0, 0.05) is 44.7 Å². The summed E-state index contributed by atoms with van der Waals surface area (Å²) >= 11 is 1.39. The first-order valence-electron chi connectivity index (χ1n) is 14.5. The Morgan fingerprint density at radius 1 is 0.929 bits per heavy atom. The van der Waals surface area contributed by atoms with Gasteiger partial charge in [0.25, 0.3) is 0 Å². The molecule has 5 aromatic rings. The zero-order valence-corrected chi connectivity index (χ0v) is 25.2. The molecule has 6 rings (SSSR count). The first-order valence-corrected chi connectivity index (χ1v) is 15.4. The number of nitrogens with zero attached hydrogens (tertiary/aromatic N) is 6. The van der Waals surface area contributed by atoms with Crippen molar-refractivity contribution >= 4 is 45.8 Å². The van der Waals surface area contributed by atoms with Crippen LogP contribution < -0.4 is 0 Å². The Bertz CT molecular complexity index is 1720. The summed E-state index contributed by atoms with van der Waals surface area (Å²) in [5.74, 6) is 0.124. The molecule has 1 amide bonds. The Kier molecular flexibility index (Phi) is 8.35. The summed E-state index contributed by atoms with van der Waals surface area (Å²) in [7, 11) is 0. The lowest BCUT2D eigenvalue weighted by molar-refractivity contribution is -0.131. The molecule has 1 aliphatic heterocycles. The van der Waals surface area contributed by atoms with Crippen molar-refractivity contribution in [1.82, 2.24) is 29.5 Å². The average Bonchev–Trinajstić information content (AvgIpc) is 3.30. The number of amides is 1. The van der Waals surface area contributed by atoms with E-state index in [4.69, 9.17) is 4.98 Å². The van der Waals surface area contributed by atoms with Crippen molar-refractivity contribution in [2.75, 3.05) is 32.7 Å². The third-order valence-electron chi connectivity index (χ3n) is 7.85. The maximum atomic E-state index is 13.4. The Hall–Kier alpha value is -4.01. The number of aryl methyl sites for hydroxylation is 2. The molecule has 3 aromatic carbocycles. The molecule has 214 valence electrons. The van der Waals surface area contributed by atoms with E-state index in [-0.39, 0.29) is 11.2 Å². The molecule has 0 N–H and O–H groups in total. The molecule has 0 aliphatic carbocycles. The van der Waals surface area contributed by atoms with Gasteiger partial charge >= 0.3 is 0 Å². The van der Waals surface area contributed by atoms with E-state index in [1.54, 1.807) is 0 Å². The molecule has 0 saturated carbocycles. The first-order chi connectivity index (χ1) is 20.4. The van der Waals surface area contributed by atoms with Crippen LogP contribution in [0.4, 0.5) is 0 Å². The number of carbonyl (C=O) groups is 1. The second-order valence-electron chi connectivity index (χ2n) is 11.1. The van der Waals surface area contributed by atoms with Crippen LogP contribution in [-0.2, 0) is 11.3 Å². The van der Waals surface area contributed by atoms with Crippen molar-refractivity contribution in [3.8, 4) is 0 Å². The largest absolute Gasteiger partial charge is 0.339 e. The maximum Gasteiger partial charge on any atom is 0.235 e. The van der Waals surface area contributed by atoms with E-state index in [0.29, 0.717) is 11.7 Å². The van der Waals surface area contributed by atoms with Crippen LogP contribution in [0.3, 0.4) is 0 Å². The van der Waals surface area contributed by atoms with Crippen LogP contribution in [-0.4, -0.2) is 73.4 Å². The molecular weight excluding hydrogens is 540 g/mol. The fraction of sp³-hybridized carbons (Fsp3) is 0.294. The van der Waals surface area contributed by atoms with Gasteiger partial charge in [-0.25, -0.2) is 4.98 Å². The predicted molar refractivity (Wildman–Crippen MR) is 172 cm³/mol. The van der Waals surface area contributed by atoms with Gasteiger partial charge in [0.05, 0.1) is 10.8 Å². The third kappa shape index (κ3) is 6.25. The van der Waals surface area contributed by atoms with Crippen LogP contribution in [0.25, 0.3) is 28.1 Å². The number of benzene rings is 3. The van der Waals surface area contributed by atoms with Gasteiger partial charge in [0.15, 0.2) is 5.65 Å². The Labute approximate surface area is 251 Å². The summed E-state index contributed by atoms with van der Waals surface area (Å²) in [5.41, 5.74) is 7.49. The van der Waals surface area contributed by atoms with Gasteiger partial charge in [-0.3, -0.25) is 9.69 Å². The Morgan fingerprint density at radius 2 is 1.67 bits per heavy atom. The lowest BCUT2D eigenvalue weighted by Gasteiger charge is -2.35. The molecule has 0 spiro atoms. The number of fused-ring (bicyclic) bond motifs is 3. The summed E-state index contributed by atoms with van der Waals surface area (Å²) in [6.45, 7) is 10.9. The van der Waals surface area contributed by atoms with E-state index in [0.717, 1.165) is 54.8 Å². The van der Waals surface area contributed by atoms with Crippen LogP contribution in [0.15, 0.2) is 84.0 Å². The molecule has 1 fully saturated rings. The van der Waals surface area contributed by atoms with Crippen molar-refractivity contribution in [3.63, 3.8) is 0 Å². The number of rotatable bonds is 8. The highest BCUT2D eigenvalue weighted by Gasteiger charge is 2.26. The van der Waals surface area contributed by atoms with E-state index >= 15 is 0 Å². The number of thioether (sulfide) groups is 1. The summed E-state index contributed by atoms with van der Waals surface area (Å²) in [4.78, 5) is 22.7. The van der Waals surface area contributed by atoms with Crippen molar-refractivity contribution < 1.29 is 4.79 Å². The summed E-state index contributed by atoms with van der Waals surface area (Å²) in [6.07, 6.45) is 4.35. The smallest absolute Gasteiger partial charge is 0.235 e. The number of hydrogen-bond donors (Lipinski definition) is 0. The highest BCUT2D eigenvalue weighted by molar-refractivity contribution is 8.00. The molecule has 1 aliphatic rings. The molecule has 1 unspecified atom stereocenters. The normalized spacial score (nSPS) is 15.2. The third-order valence-corrected chi connectivity index (χ3v) is 8.79. The van der Waals surface area contributed by atoms with Gasteiger partial charge in [-0.1, -0.05) is 95.7 Å². The predicted octanol–water partition coefficient (Wildman–Crippen LogP) is 5.98. The van der Waals surface area contributed by atoms with Crippen molar-refractivity contribution in [2.24, 2.45) is 0 Å². The SMILES string of the molecule is Cc1ccc(Cn2c3ccc(C)cc3c3nnc(SC(C)C(=O)N4CCN(C/C=C/c5ccccc5)CC4)nc32)cc1. The van der Waals surface area contributed by atoms with Gasteiger partial charge in [-0.2, -0.15) is 0 Å². The molecule has 0 bridgehead atoms.